The molecule has 4 aromatic rings. The van der Waals surface area contributed by atoms with E-state index in [1.165, 1.54) is 0 Å². The second-order valence-electron chi connectivity index (χ2n) is 6.35. The van der Waals surface area contributed by atoms with E-state index in [-0.39, 0.29) is 5.75 Å². The van der Waals surface area contributed by atoms with E-state index in [1.807, 2.05) is 78.9 Å². The van der Waals surface area contributed by atoms with Crippen LogP contribution in [-0.4, -0.2) is 16.8 Å². The third-order valence-corrected chi connectivity index (χ3v) is 4.71. The summed E-state index contributed by atoms with van der Waals surface area (Å²) in [5.74, 6) is 0.534. The van der Waals surface area contributed by atoms with E-state index in [9.17, 15) is 9.90 Å². The number of hydrogen-bond donors (Lipinski definition) is 1. The van der Waals surface area contributed by atoms with Crippen molar-refractivity contribution in [3.8, 4) is 22.6 Å². The van der Waals surface area contributed by atoms with Crippen molar-refractivity contribution in [2.75, 3.05) is 7.11 Å². The molecule has 4 rings (SSSR count). The fraction of sp³-hybridized carbons (Fsp3) is 0.0870. The van der Waals surface area contributed by atoms with Gasteiger partial charge in [-0.25, -0.2) is 0 Å². The quantitative estimate of drug-likeness (QED) is 0.588. The van der Waals surface area contributed by atoms with Crippen LogP contribution in [0.2, 0.25) is 0 Å². The molecule has 3 aromatic carbocycles. The van der Waals surface area contributed by atoms with Crippen LogP contribution in [-0.2, 0) is 6.54 Å². The number of pyridine rings is 1. The monoisotopic (exact) mass is 357 g/mol. The van der Waals surface area contributed by atoms with E-state index in [1.54, 1.807) is 11.7 Å². The van der Waals surface area contributed by atoms with Crippen LogP contribution in [0.4, 0.5) is 0 Å². The molecule has 134 valence electrons. The fourth-order valence-corrected chi connectivity index (χ4v) is 3.36. The highest BCUT2D eigenvalue weighted by Gasteiger charge is 2.17. The average Bonchev–Trinajstić information content (AvgIpc) is 2.73. The summed E-state index contributed by atoms with van der Waals surface area (Å²) >= 11 is 0. The molecule has 0 amide bonds. The summed E-state index contributed by atoms with van der Waals surface area (Å²) in [5.41, 5.74) is 2.73. The highest BCUT2D eigenvalue weighted by molar-refractivity contribution is 5.97. The van der Waals surface area contributed by atoms with Crippen molar-refractivity contribution < 1.29 is 9.84 Å². The number of hydrogen-bond acceptors (Lipinski definition) is 3. The van der Waals surface area contributed by atoms with Crippen molar-refractivity contribution in [2.24, 2.45) is 0 Å². The van der Waals surface area contributed by atoms with Crippen LogP contribution >= 0.6 is 0 Å². The Labute approximate surface area is 156 Å². The van der Waals surface area contributed by atoms with Crippen LogP contribution in [0, 0.1) is 0 Å². The molecule has 1 heterocycles. The topological polar surface area (TPSA) is 51.5 Å². The summed E-state index contributed by atoms with van der Waals surface area (Å²) in [6.45, 7) is 0.367. The first-order chi connectivity index (χ1) is 13.2. The van der Waals surface area contributed by atoms with Crippen molar-refractivity contribution in [2.45, 2.75) is 6.54 Å². The number of rotatable bonds is 4. The predicted octanol–water partition coefficient (Wildman–Crippen LogP) is 4.43. The van der Waals surface area contributed by atoms with Gasteiger partial charge >= 0.3 is 0 Å². The van der Waals surface area contributed by atoms with Crippen LogP contribution in [0.25, 0.3) is 22.0 Å². The molecule has 0 radical (unpaired) electrons. The zero-order valence-corrected chi connectivity index (χ0v) is 14.9. The SMILES string of the molecule is COc1ccc(Cn2c(=O)c(O)c(-c3ccccc3)c3ccccc32)cc1. The molecule has 0 aliphatic rings. The van der Waals surface area contributed by atoms with Gasteiger partial charge in [0.25, 0.3) is 5.56 Å². The molecule has 0 unspecified atom stereocenters. The Balaban J connectivity index is 1.92. The fourth-order valence-electron chi connectivity index (χ4n) is 3.36. The molecular weight excluding hydrogens is 338 g/mol. The van der Waals surface area contributed by atoms with Crippen LogP contribution in [0.1, 0.15) is 5.56 Å². The van der Waals surface area contributed by atoms with E-state index >= 15 is 0 Å². The maximum Gasteiger partial charge on any atom is 0.294 e. The van der Waals surface area contributed by atoms with Crippen molar-refractivity contribution in [3.05, 3.63) is 94.8 Å². The zero-order chi connectivity index (χ0) is 18.8. The molecule has 0 saturated heterocycles. The smallest absolute Gasteiger partial charge is 0.294 e. The number of aromatic hydroxyl groups is 1. The number of benzene rings is 3. The van der Waals surface area contributed by atoms with Crippen LogP contribution in [0.15, 0.2) is 83.7 Å². The van der Waals surface area contributed by atoms with Gasteiger partial charge in [-0.2, -0.15) is 0 Å². The van der Waals surface area contributed by atoms with Crippen molar-refractivity contribution in [1.82, 2.24) is 4.57 Å². The van der Waals surface area contributed by atoms with E-state index in [2.05, 4.69) is 0 Å². The minimum absolute atomic E-state index is 0.228. The Hall–Kier alpha value is -3.53. The van der Waals surface area contributed by atoms with Gasteiger partial charge in [0.15, 0.2) is 5.75 Å². The molecule has 4 nitrogen and oxygen atoms in total. The molecule has 4 heteroatoms. The van der Waals surface area contributed by atoms with Gasteiger partial charge in [0.1, 0.15) is 5.75 Å². The van der Waals surface area contributed by atoms with Gasteiger partial charge in [0, 0.05) is 10.9 Å². The third kappa shape index (κ3) is 3.06. The highest BCUT2D eigenvalue weighted by atomic mass is 16.5. The summed E-state index contributed by atoms with van der Waals surface area (Å²) in [4.78, 5) is 13.0. The highest BCUT2D eigenvalue weighted by Crippen LogP contribution is 2.34. The first-order valence-electron chi connectivity index (χ1n) is 8.72. The molecule has 0 aliphatic heterocycles. The number of nitrogens with zero attached hydrogens (tertiary/aromatic N) is 1. The van der Waals surface area contributed by atoms with Crippen molar-refractivity contribution in [1.29, 1.82) is 0 Å². The summed E-state index contributed by atoms with van der Waals surface area (Å²) < 4.78 is 6.80. The molecular formula is C23H19NO3. The maximum absolute atomic E-state index is 13.0. The Morgan fingerprint density at radius 3 is 2.26 bits per heavy atom. The molecule has 1 N–H and O–H groups in total. The lowest BCUT2D eigenvalue weighted by Gasteiger charge is -2.16. The van der Waals surface area contributed by atoms with E-state index in [4.69, 9.17) is 4.74 Å². The molecule has 0 aliphatic carbocycles. The summed E-state index contributed by atoms with van der Waals surface area (Å²) in [6, 6.07) is 24.7. The zero-order valence-electron chi connectivity index (χ0n) is 14.9. The Morgan fingerprint density at radius 2 is 1.56 bits per heavy atom. The lowest BCUT2D eigenvalue weighted by atomic mass is 10.00. The minimum Gasteiger partial charge on any atom is -0.503 e. The standard InChI is InChI=1S/C23H19NO3/c1-27-18-13-11-16(12-14-18)15-24-20-10-6-5-9-19(20)21(22(25)23(24)26)17-7-3-2-4-8-17/h2-14,25H,15H2,1H3. The van der Waals surface area contributed by atoms with Gasteiger partial charge in [0.2, 0.25) is 0 Å². The average molecular weight is 357 g/mol. The number of ether oxygens (including phenoxy) is 1. The summed E-state index contributed by atoms with van der Waals surface area (Å²) in [6.07, 6.45) is 0. The molecule has 27 heavy (non-hydrogen) atoms. The van der Waals surface area contributed by atoms with E-state index in [0.717, 1.165) is 27.8 Å². The Bertz CT molecular complexity index is 1150. The normalized spacial score (nSPS) is 10.9. The predicted molar refractivity (Wildman–Crippen MR) is 107 cm³/mol. The molecule has 0 atom stereocenters. The number of para-hydroxylation sites is 1. The first kappa shape index (κ1) is 16.9. The van der Waals surface area contributed by atoms with Gasteiger partial charge < -0.3 is 14.4 Å². The number of fused-ring (bicyclic) bond motifs is 1. The Kier molecular flexibility index (Phi) is 4.38. The minimum atomic E-state index is -0.400. The van der Waals surface area contributed by atoms with E-state index < -0.39 is 5.56 Å². The second kappa shape index (κ2) is 7.00. The molecule has 0 spiro atoms. The molecule has 0 saturated carbocycles. The van der Waals surface area contributed by atoms with Gasteiger partial charge in [0.05, 0.1) is 19.2 Å². The molecule has 0 bridgehead atoms. The summed E-state index contributed by atoms with van der Waals surface area (Å²) in [7, 11) is 1.62. The van der Waals surface area contributed by atoms with Crippen LogP contribution < -0.4 is 10.3 Å². The largest absolute Gasteiger partial charge is 0.503 e. The van der Waals surface area contributed by atoms with Crippen molar-refractivity contribution >= 4 is 10.9 Å². The van der Waals surface area contributed by atoms with Gasteiger partial charge in [-0.15, -0.1) is 0 Å². The second-order valence-corrected chi connectivity index (χ2v) is 6.35. The molecule has 0 fully saturated rings. The van der Waals surface area contributed by atoms with Crippen molar-refractivity contribution in [3.63, 3.8) is 0 Å². The summed E-state index contributed by atoms with van der Waals surface area (Å²) in [5, 5.41) is 11.6. The van der Waals surface area contributed by atoms with Crippen LogP contribution in [0.5, 0.6) is 11.5 Å². The maximum atomic E-state index is 13.0. The lowest BCUT2D eigenvalue weighted by molar-refractivity contribution is 0.414. The van der Waals surface area contributed by atoms with Gasteiger partial charge in [-0.3, -0.25) is 4.79 Å². The van der Waals surface area contributed by atoms with Gasteiger partial charge in [-0.05, 0) is 29.3 Å². The molecule has 1 aromatic heterocycles. The lowest BCUT2D eigenvalue weighted by Crippen LogP contribution is -2.21. The number of methoxy groups -OCH3 is 1. The van der Waals surface area contributed by atoms with Gasteiger partial charge in [-0.1, -0.05) is 60.7 Å². The third-order valence-electron chi connectivity index (χ3n) is 4.71. The number of aromatic nitrogens is 1. The van der Waals surface area contributed by atoms with Crippen LogP contribution in [0.3, 0.4) is 0 Å². The first-order valence-corrected chi connectivity index (χ1v) is 8.72. The Morgan fingerprint density at radius 1 is 0.889 bits per heavy atom. The van der Waals surface area contributed by atoms with E-state index in [0.29, 0.717) is 12.1 Å².